The van der Waals surface area contributed by atoms with E-state index in [9.17, 15) is 176 Å². The quantitative estimate of drug-likeness (QED) is 0.0192. The second kappa shape index (κ2) is 31.4. The van der Waals surface area contributed by atoms with E-state index < -0.39 is 183 Å². The first-order valence-corrected chi connectivity index (χ1v) is 22.0. The van der Waals surface area contributed by atoms with Crippen LogP contribution in [0.2, 0.25) is 0 Å². The fraction of sp³-hybridized carbons (Fsp3) is 0.947. The molecule has 0 aromatic rings. The Morgan fingerprint density at radius 1 is 0.253 bits per heavy atom. The van der Waals surface area contributed by atoms with Gasteiger partial charge in [0.1, 0.15) is 0 Å². The summed E-state index contributed by atoms with van der Waals surface area (Å²) >= 11 is 1.12. The summed E-state index contributed by atoms with van der Waals surface area (Å²) in [5.74, 6) is -126. The molecule has 0 radical (unpaired) electrons. The molecule has 0 atom stereocenters. The summed E-state index contributed by atoms with van der Waals surface area (Å²) in [4.78, 5) is 0. The maximum atomic E-state index is 13.4. The molecule has 83 heavy (non-hydrogen) atoms. The number of unbranched alkanes of at least 4 members (excludes halogenated alkanes) is 5. The fourth-order valence-electron chi connectivity index (χ4n) is 4.68. The summed E-state index contributed by atoms with van der Waals surface area (Å²) < 4.78 is 507. The first kappa shape index (κ1) is 99.3. The third-order valence-corrected chi connectivity index (χ3v) is 10.6. The number of hydrogen-bond acceptors (Lipinski definition) is 0. The summed E-state index contributed by atoms with van der Waals surface area (Å²) in [5.41, 5.74) is 0. The molecular formula is C38H41Cl2F40IMg2. The number of alkyl halides is 41. The van der Waals surface area contributed by atoms with Crippen LogP contribution in [0.4, 0.5) is 176 Å². The molecule has 0 N–H and O–H groups in total. The van der Waals surface area contributed by atoms with Gasteiger partial charge in [-0.05, 0) is 6.42 Å². The molecule has 0 saturated carbocycles. The zero-order chi connectivity index (χ0) is 65.8. The Labute approximate surface area is 502 Å². The van der Waals surface area contributed by atoms with Gasteiger partial charge in [0.2, 0.25) is 0 Å². The van der Waals surface area contributed by atoms with Crippen LogP contribution in [-0.4, -0.2) is 169 Å². The van der Waals surface area contributed by atoms with Gasteiger partial charge in [-0.1, -0.05) is 61.6 Å². The summed E-state index contributed by atoms with van der Waals surface area (Å²) in [7, 11) is 0. The van der Waals surface area contributed by atoms with Gasteiger partial charge in [0, 0.05) is 45.0 Å². The molecule has 0 fully saturated rings. The molecular weight excluding hydrogens is 1460 g/mol. The zero-order valence-electron chi connectivity index (χ0n) is 41.9. The van der Waals surface area contributed by atoms with Gasteiger partial charge in [0.25, 0.3) is 11.8 Å². The van der Waals surface area contributed by atoms with Crippen molar-refractivity contribution in [2.75, 3.05) is 4.43 Å². The monoisotopic (exact) mass is 1500 g/mol. The van der Waals surface area contributed by atoms with E-state index in [2.05, 4.69) is 13.8 Å². The summed E-state index contributed by atoms with van der Waals surface area (Å²) in [6.07, 6.45) is -6.00. The predicted octanol–water partition coefficient (Wildman–Crippen LogP) is 14.0. The molecule has 0 bridgehead atoms. The van der Waals surface area contributed by atoms with Crippen LogP contribution in [0.25, 0.3) is 0 Å². The molecule has 0 nitrogen and oxygen atoms in total. The van der Waals surface area contributed by atoms with E-state index in [4.69, 9.17) is 0 Å². The van der Waals surface area contributed by atoms with Crippen molar-refractivity contribution in [1.29, 1.82) is 0 Å². The van der Waals surface area contributed by atoms with Crippen molar-refractivity contribution < 1.29 is 200 Å². The van der Waals surface area contributed by atoms with Gasteiger partial charge in [-0.15, -0.1) is 12.8 Å². The molecule has 0 rings (SSSR count). The normalized spacial score (nSPS) is 14.9. The average molecular weight is 1500 g/mol. The van der Waals surface area contributed by atoms with Gasteiger partial charge in [-0.25, -0.2) is 17.6 Å². The van der Waals surface area contributed by atoms with Crippen LogP contribution in [0, 0.1) is 13.8 Å². The van der Waals surface area contributed by atoms with E-state index in [1.54, 1.807) is 0 Å². The topological polar surface area (TPSA) is 0 Å². The first-order valence-electron chi connectivity index (χ1n) is 20.4. The first-order chi connectivity index (χ1) is 33.7. The number of hydrogen-bond donors (Lipinski definition) is 0. The third-order valence-electron chi connectivity index (χ3n) is 10.1. The Kier molecular flexibility index (Phi) is 37.5. The molecule has 0 saturated heterocycles. The van der Waals surface area contributed by atoms with E-state index in [1.807, 2.05) is 6.92 Å². The molecule has 0 heterocycles. The smallest absolute Gasteiger partial charge is 1.00 e. The van der Waals surface area contributed by atoms with Crippen LogP contribution in [0.3, 0.4) is 0 Å². The Hall–Kier alpha value is 0.0425. The van der Waals surface area contributed by atoms with E-state index in [0.29, 0.717) is 12.8 Å². The van der Waals surface area contributed by atoms with Crippen molar-refractivity contribution in [1.82, 2.24) is 0 Å². The maximum absolute atomic E-state index is 13.4. The Morgan fingerprint density at radius 2 is 0.422 bits per heavy atom. The minimum Gasteiger partial charge on any atom is -1.00 e. The molecule has 0 aliphatic carbocycles. The Morgan fingerprint density at radius 3 is 0.590 bits per heavy atom. The van der Waals surface area contributed by atoms with Crippen LogP contribution in [0.5, 0.6) is 0 Å². The zero-order valence-corrected chi connectivity index (χ0v) is 48.4. The Bertz CT molecular complexity index is 1790. The molecule has 0 amide bonds. The van der Waals surface area contributed by atoms with Crippen LogP contribution in [0.15, 0.2) is 0 Å². The molecule has 498 valence electrons. The van der Waals surface area contributed by atoms with Crippen molar-refractivity contribution in [3.05, 3.63) is 13.8 Å². The van der Waals surface area contributed by atoms with Crippen molar-refractivity contribution in [3.63, 3.8) is 0 Å². The summed E-state index contributed by atoms with van der Waals surface area (Å²) in [6, 6.07) is 0. The van der Waals surface area contributed by atoms with Crippen LogP contribution in [0.1, 0.15) is 98.8 Å². The van der Waals surface area contributed by atoms with Gasteiger partial charge >= 0.3 is 153 Å². The van der Waals surface area contributed by atoms with E-state index in [1.165, 1.54) is 0 Å². The van der Waals surface area contributed by atoms with Gasteiger partial charge < -0.3 is 38.7 Å². The molecule has 0 spiro atoms. The minimum atomic E-state index is -6.94. The SMILES string of the molecule is CC(F)(F)C(F)(F)C(F)(F)C(F)(F)C(F)(F)CCI.CCCCCCCCC(F)(F)C(F)(F)C(F)(F)C(F)(F)C(C)(F)F.[CH2-]CC(F)(F)C(F)(F)C(F)(F)C(F)(F)C(C)(F)F.[CH2-]CC(F)(F)C(F)(F)C(F)(F)C(F)(F)C(C)(F)F.[Cl-].[Cl-].[Mg+2].[Mg+2]. The van der Waals surface area contributed by atoms with Gasteiger partial charge in [0.15, 0.2) is 0 Å². The van der Waals surface area contributed by atoms with E-state index in [0.717, 1.165) is 35.4 Å². The molecule has 0 aliphatic rings. The van der Waals surface area contributed by atoms with Crippen molar-refractivity contribution in [2.45, 2.75) is 217 Å². The summed E-state index contributed by atoms with van der Waals surface area (Å²) in [6.45, 7) is 3.19. The molecule has 0 aliphatic heterocycles. The number of rotatable bonds is 27. The van der Waals surface area contributed by atoms with Gasteiger partial charge in [-0.3, -0.25) is 0 Å². The van der Waals surface area contributed by atoms with Gasteiger partial charge in [0.05, 0.1) is 0 Å². The second-order valence-corrected chi connectivity index (χ2v) is 17.8. The van der Waals surface area contributed by atoms with Crippen LogP contribution >= 0.6 is 22.6 Å². The minimum absolute atomic E-state index is 0. The second-order valence-electron chi connectivity index (χ2n) is 16.7. The molecule has 0 aromatic carbocycles. The van der Waals surface area contributed by atoms with Crippen molar-refractivity contribution in [2.24, 2.45) is 0 Å². The van der Waals surface area contributed by atoms with E-state index in [-0.39, 0.29) is 77.3 Å². The third kappa shape index (κ3) is 19.8. The standard InChI is InChI=1S/C14H20F10.C8H7F10I.2C8H7F10.2ClH.2Mg/c1-3-4-5-6-7-8-9-11(17,18)13(21,22)14(23,24)12(19,20)10(2,15)16;1-4(9,10)6(13,14)8(17,18)7(15,16)5(11,12)2-3-19;2*1-3-5(11,12)7(15,16)8(17,18)6(13,14)4(2,9)10;;;;/h3-9H2,1-2H3;2-3H2,1H3;2*1,3H2,2H3;2*1H;;/q;;2*-1;;;2*+2/p-2. The van der Waals surface area contributed by atoms with Crippen LogP contribution in [-0.2, 0) is 0 Å². The number of halogens is 43. The molecule has 45 heteroatoms. The fourth-order valence-corrected chi connectivity index (χ4v) is 5.36. The van der Waals surface area contributed by atoms with Crippen molar-refractivity contribution >= 4 is 68.7 Å². The predicted molar refractivity (Wildman–Crippen MR) is 215 cm³/mol. The molecule has 0 unspecified atom stereocenters. The summed E-state index contributed by atoms with van der Waals surface area (Å²) in [5, 5.41) is 0. The Balaban J connectivity index is -0.000000149. The molecule has 0 aromatic heterocycles. The maximum Gasteiger partial charge on any atom is 2.00 e. The van der Waals surface area contributed by atoms with Crippen LogP contribution < -0.4 is 24.8 Å². The average Bonchev–Trinajstić information content (AvgIpc) is 3.23. The largest absolute Gasteiger partial charge is 2.00 e. The van der Waals surface area contributed by atoms with E-state index >= 15 is 0 Å². The van der Waals surface area contributed by atoms with Crippen molar-refractivity contribution in [3.8, 4) is 0 Å². The van der Waals surface area contributed by atoms with Gasteiger partial charge in [-0.2, -0.15) is 158 Å².